The summed E-state index contributed by atoms with van der Waals surface area (Å²) in [4.78, 5) is 12.3. The standard InChI is InChI=1S/C29H46O2/c1-3-5-7-9-10-12-23-14-16-24(17-15-23)25-18-20-26(21-19-25)28-22-27(29(30)31-28)13-11-8-6-4-2/h18-21,23-24,27-28H,3-17,22H2,1-2H3. The van der Waals surface area contributed by atoms with Crippen LogP contribution in [0, 0.1) is 11.8 Å². The molecule has 1 heterocycles. The second kappa shape index (κ2) is 13.3. The number of benzene rings is 1. The van der Waals surface area contributed by atoms with Gasteiger partial charge >= 0.3 is 5.97 Å². The Morgan fingerprint density at radius 3 is 2.00 bits per heavy atom. The summed E-state index contributed by atoms with van der Waals surface area (Å²) >= 11 is 0. The molecule has 0 radical (unpaired) electrons. The molecule has 2 fully saturated rings. The van der Waals surface area contributed by atoms with Gasteiger partial charge in [-0.1, -0.05) is 102 Å². The summed E-state index contributed by atoms with van der Waals surface area (Å²) in [6.45, 7) is 4.52. The third-order valence-corrected chi connectivity index (χ3v) is 7.84. The summed E-state index contributed by atoms with van der Waals surface area (Å²) in [5.41, 5.74) is 2.68. The molecule has 2 nitrogen and oxygen atoms in total. The van der Waals surface area contributed by atoms with Gasteiger partial charge in [0, 0.05) is 6.42 Å². The third kappa shape index (κ3) is 7.65. The molecule has 2 unspecified atom stereocenters. The number of unbranched alkanes of at least 4 members (excludes halogenated alkanes) is 7. The van der Waals surface area contributed by atoms with Crippen molar-refractivity contribution in [2.24, 2.45) is 11.8 Å². The Balaban J connectivity index is 1.40. The predicted octanol–water partition coefficient (Wildman–Crippen LogP) is 8.90. The summed E-state index contributed by atoms with van der Waals surface area (Å²) < 4.78 is 5.74. The highest BCUT2D eigenvalue weighted by atomic mass is 16.5. The number of rotatable bonds is 13. The van der Waals surface area contributed by atoms with Gasteiger partial charge in [-0.05, 0) is 55.1 Å². The average molecular weight is 427 g/mol. The molecule has 0 N–H and O–H groups in total. The highest BCUT2D eigenvalue weighted by Crippen LogP contribution is 2.40. The van der Waals surface area contributed by atoms with Gasteiger partial charge in [-0.15, -0.1) is 0 Å². The molecule has 1 aliphatic heterocycles. The van der Waals surface area contributed by atoms with E-state index < -0.39 is 0 Å². The molecule has 1 aromatic rings. The Labute approximate surface area is 191 Å². The molecule has 1 saturated carbocycles. The zero-order chi connectivity index (χ0) is 21.9. The van der Waals surface area contributed by atoms with Gasteiger partial charge in [0.1, 0.15) is 6.10 Å². The molecule has 0 amide bonds. The van der Waals surface area contributed by atoms with Crippen molar-refractivity contribution in [1.82, 2.24) is 0 Å². The zero-order valence-electron chi connectivity index (χ0n) is 20.2. The highest BCUT2D eigenvalue weighted by Gasteiger charge is 2.34. The lowest BCUT2D eigenvalue weighted by molar-refractivity contribution is -0.144. The number of hydrogen-bond acceptors (Lipinski definition) is 2. The van der Waals surface area contributed by atoms with E-state index in [1.54, 1.807) is 0 Å². The van der Waals surface area contributed by atoms with E-state index in [9.17, 15) is 4.79 Å². The van der Waals surface area contributed by atoms with Crippen molar-refractivity contribution in [3.05, 3.63) is 35.4 Å². The van der Waals surface area contributed by atoms with Crippen LogP contribution in [0.25, 0.3) is 0 Å². The molecule has 2 aliphatic rings. The first-order chi connectivity index (χ1) is 15.2. The van der Waals surface area contributed by atoms with Crippen molar-refractivity contribution in [2.75, 3.05) is 0 Å². The van der Waals surface area contributed by atoms with Crippen LogP contribution in [0.2, 0.25) is 0 Å². The second-order valence-corrected chi connectivity index (χ2v) is 10.3. The lowest BCUT2D eigenvalue weighted by Crippen LogP contribution is -2.13. The molecule has 2 heteroatoms. The molecular formula is C29H46O2. The summed E-state index contributed by atoms with van der Waals surface area (Å²) in [7, 11) is 0. The second-order valence-electron chi connectivity index (χ2n) is 10.3. The molecule has 0 bridgehead atoms. The van der Waals surface area contributed by atoms with Crippen LogP contribution in [0.4, 0.5) is 0 Å². The quantitative estimate of drug-likeness (QED) is 0.232. The van der Waals surface area contributed by atoms with E-state index in [1.165, 1.54) is 94.6 Å². The maximum absolute atomic E-state index is 12.3. The van der Waals surface area contributed by atoms with Gasteiger partial charge in [-0.3, -0.25) is 4.79 Å². The summed E-state index contributed by atoms with van der Waals surface area (Å²) in [5.74, 6) is 1.82. The minimum atomic E-state index is -0.0267. The first-order valence-electron chi connectivity index (χ1n) is 13.5. The van der Waals surface area contributed by atoms with Crippen molar-refractivity contribution >= 4 is 5.97 Å². The van der Waals surface area contributed by atoms with E-state index in [2.05, 4.69) is 38.1 Å². The normalized spacial score (nSPS) is 26.2. The molecule has 0 aromatic heterocycles. The first kappa shape index (κ1) is 24.3. The van der Waals surface area contributed by atoms with Crippen molar-refractivity contribution in [2.45, 2.75) is 129 Å². The van der Waals surface area contributed by atoms with Crippen LogP contribution >= 0.6 is 0 Å². The fourth-order valence-corrected chi connectivity index (χ4v) is 5.70. The maximum atomic E-state index is 12.3. The number of carbonyl (C=O) groups excluding carboxylic acids is 1. The van der Waals surface area contributed by atoms with Crippen LogP contribution in [0.5, 0.6) is 0 Å². The first-order valence-corrected chi connectivity index (χ1v) is 13.5. The van der Waals surface area contributed by atoms with Gasteiger partial charge in [-0.25, -0.2) is 0 Å². The topological polar surface area (TPSA) is 26.3 Å². The van der Waals surface area contributed by atoms with E-state index in [-0.39, 0.29) is 18.0 Å². The van der Waals surface area contributed by atoms with E-state index in [0.717, 1.165) is 31.1 Å². The Kier molecular flexibility index (Phi) is 10.4. The molecule has 3 rings (SSSR count). The van der Waals surface area contributed by atoms with E-state index >= 15 is 0 Å². The summed E-state index contributed by atoms with van der Waals surface area (Å²) in [6, 6.07) is 9.08. The molecule has 1 aliphatic carbocycles. The SMILES string of the molecule is CCCCCCCC1CCC(c2ccc(C3CC(CCCCCC)C(=O)O3)cc2)CC1. The van der Waals surface area contributed by atoms with Gasteiger partial charge in [0.15, 0.2) is 0 Å². The average Bonchev–Trinajstić information content (AvgIpc) is 3.17. The van der Waals surface area contributed by atoms with Crippen LogP contribution < -0.4 is 0 Å². The van der Waals surface area contributed by atoms with Crippen LogP contribution in [0.1, 0.15) is 140 Å². The van der Waals surface area contributed by atoms with E-state index in [1.807, 2.05) is 0 Å². The molecular weight excluding hydrogens is 380 g/mol. The molecule has 31 heavy (non-hydrogen) atoms. The number of hydrogen-bond donors (Lipinski definition) is 0. The van der Waals surface area contributed by atoms with E-state index in [4.69, 9.17) is 4.74 Å². The maximum Gasteiger partial charge on any atom is 0.309 e. The lowest BCUT2D eigenvalue weighted by Gasteiger charge is -2.29. The number of ether oxygens (including phenoxy) is 1. The minimum absolute atomic E-state index is 0.0265. The molecule has 2 atom stereocenters. The lowest BCUT2D eigenvalue weighted by atomic mass is 9.77. The number of cyclic esters (lactones) is 1. The Hall–Kier alpha value is -1.31. The zero-order valence-corrected chi connectivity index (χ0v) is 20.2. The number of esters is 1. The smallest absolute Gasteiger partial charge is 0.309 e. The summed E-state index contributed by atoms with van der Waals surface area (Å²) in [5, 5.41) is 0. The Bertz CT molecular complexity index is 627. The van der Waals surface area contributed by atoms with E-state index in [0.29, 0.717) is 0 Å². The minimum Gasteiger partial charge on any atom is -0.457 e. The van der Waals surface area contributed by atoms with Crippen LogP contribution in [-0.2, 0) is 9.53 Å². The number of carbonyl (C=O) groups is 1. The molecule has 1 aromatic carbocycles. The fourth-order valence-electron chi connectivity index (χ4n) is 5.70. The fraction of sp³-hybridized carbons (Fsp3) is 0.759. The summed E-state index contributed by atoms with van der Waals surface area (Å²) in [6.07, 6.45) is 20.7. The van der Waals surface area contributed by atoms with Crippen LogP contribution in [0.3, 0.4) is 0 Å². The van der Waals surface area contributed by atoms with Gasteiger partial charge in [0.05, 0.1) is 5.92 Å². The van der Waals surface area contributed by atoms with Crippen molar-refractivity contribution < 1.29 is 9.53 Å². The molecule has 0 spiro atoms. The highest BCUT2D eigenvalue weighted by molar-refractivity contribution is 5.74. The van der Waals surface area contributed by atoms with Gasteiger partial charge < -0.3 is 4.74 Å². The predicted molar refractivity (Wildman–Crippen MR) is 130 cm³/mol. The van der Waals surface area contributed by atoms with Crippen molar-refractivity contribution in [1.29, 1.82) is 0 Å². The monoisotopic (exact) mass is 426 g/mol. The van der Waals surface area contributed by atoms with Gasteiger partial charge in [0.2, 0.25) is 0 Å². The Morgan fingerprint density at radius 2 is 1.32 bits per heavy atom. The van der Waals surface area contributed by atoms with Crippen LogP contribution in [0.15, 0.2) is 24.3 Å². The van der Waals surface area contributed by atoms with Crippen molar-refractivity contribution in [3.63, 3.8) is 0 Å². The Morgan fingerprint density at radius 1 is 0.742 bits per heavy atom. The van der Waals surface area contributed by atoms with Crippen LogP contribution in [-0.4, -0.2) is 5.97 Å². The molecule has 174 valence electrons. The third-order valence-electron chi connectivity index (χ3n) is 7.84. The van der Waals surface area contributed by atoms with Crippen molar-refractivity contribution in [3.8, 4) is 0 Å². The van der Waals surface area contributed by atoms with Gasteiger partial charge in [0.25, 0.3) is 0 Å². The van der Waals surface area contributed by atoms with Gasteiger partial charge in [-0.2, -0.15) is 0 Å². The largest absolute Gasteiger partial charge is 0.457 e. The molecule has 1 saturated heterocycles.